The maximum Gasteiger partial charge on any atom is 0.164 e. The molecule has 54 heavy (non-hydrogen) atoms. The summed E-state index contributed by atoms with van der Waals surface area (Å²) < 4.78 is 2.44. The third-order valence-corrected chi connectivity index (χ3v) is 11.2. The van der Waals surface area contributed by atoms with Crippen molar-refractivity contribution in [2.24, 2.45) is 0 Å². The predicted octanol–water partition coefficient (Wildman–Crippen LogP) is 11.9. The first-order valence-electron chi connectivity index (χ1n) is 17.8. The molecule has 0 aliphatic rings. The molecule has 0 spiro atoms. The zero-order valence-corrected chi connectivity index (χ0v) is 29.6. The molecule has 0 amide bonds. The van der Waals surface area contributed by atoms with E-state index in [2.05, 4.69) is 127 Å². The second kappa shape index (κ2) is 12.3. The average Bonchev–Trinajstić information content (AvgIpc) is 3.86. The van der Waals surface area contributed by atoms with Gasteiger partial charge < -0.3 is 0 Å². The van der Waals surface area contributed by atoms with Gasteiger partial charge in [-0.2, -0.15) is 4.80 Å². The summed E-state index contributed by atoms with van der Waals surface area (Å²) >= 11 is 1.79. The van der Waals surface area contributed by atoms with Crippen molar-refractivity contribution in [2.75, 3.05) is 0 Å². The summed E-state index contributed by atoms with van der Waals surface area (Å²) in [6.07, 6.45) is 0. The monoisotopic (exact) mass is 708 g/mol. The molecule has 0 saturated carbocycles. The van der Waals surface area contributed by atoms with Crippen molar-refractivity contribution in [1.82, 2.24) is 29.9 Å². The Morgan fingerprint density at radius 1 is 0.407 bits per heavy atom. The topological polar surface area (TPSA) is 69.4 Å². The molecule has 0 aliphatic heterocycles. The van der Waals surface area contributed by atoms with Crippen LogP contribution in [0.25, 0.3) is 104 Å². The standard InChI is InChI=1S/C47H28N6S/c1-3-11-29(12-4-1)32-13-9-14-33(27-32)45-48-46(50-47(49-45)37-18-10-20-41-43(37)36-17-7-8-19-40(36)54-41)34-24-22-30-21-23-31-25-26-39-44(42(31)38(30)28-34)52-53(51-39)35-15-5-2-6-16-35/h1-28H. The van der Waals surface area contributed by atoms with Crippen molar-refractivity contribution in [3.63, 3.8) is 0 Å². The second-order valence-electron chi connectivity index (χ2n) is 13.4. The van der Waals surface area contributed by atoms with E-state index in [1.54, 1.807) is 16.1 Å². The number of hydrogen-bond acceptors (Lipinski definition) is 6. The lowest BCUT2D eigenvalue weighted by Gasteiger charge is -2.11. The van der Waals surface area contributed by atoms with Gasteiger partial charge in [0.2, 0.25) is 0 Å². The Hall–Kier alpha value is -7.09. The molecule has 0 N–H and O–H groups in total. The van der Waals surface area contributed by atoms with Gasteiger partial charge in [-0.1, -0.05) is 127 Å². The SMILES string of the molecule is c1ccc(-c2cccc(-c3nc(-c4ccc5ccc6ccc7nn(-c8ccccc8)nc7c6c5c4)nc(-c4cccc5sc6ccccc6c45)n3)c2)cc1. The summed E-state index contributed by atoms with van der Waals surface area (Å²) in [5.74, 6) is 1.87. The maximum atomic E-state index is 5.26. The van der Waals surface area contributed by atoms with Crippen LogP contribution in [0.3, 0.4) is 0 Å². The number of rotatable bonds is 5. The number of thiophene rings is 1. The van der Waals surface area contributed by atoms with E-state index in [9.17, 15) is 0 Å². The van der Waals surface area contributed by atoms with Crippen LogP contribution in [0.15, 0.2) is 170 Å². The molecule has 0 aliphatic carbocycles. The Balaban J connectivity index is 1.15. The summed E-state index contributed by atoms with van der Waals surface area (Å²) in [6.45, 7) is 0. The van der Waals surface area contributed by atoms with E-state index in [1.165, 1.54) is 14.8 Å². The molecule has 0 atom stereocenters. The largest absolute Gasteiger partial charge is 0.208 e. The summed E-state index contributed by atoms with van der Waals surface area (Å²) in [6, 6.07) is 58.8. The zero-order valence-electron chi connectivity index (χ0n) is 28.8. The summed E-state index contributed by atoms with van der Waals surface area (Å²) in [4.78, 5) is 17.4. The van der Waals surface area contributed by atoms with Crippen molar-refractivity contribution in [1.29, 1.82) is 0 Å². The fourth-order valence-electron chi connectivity index (χ4n) is 7.52. The van der Waals surface area contributed by atoms with E-state index in [4.69, 9.17) is 25.1 Å². The van der Waals surface area contributed by atoms with Gasteiger partial charge >= 0.3 is 0 Å². The number of nitrogens with zero attached hydrogens (tertiary/aromatic N) is 6. The van der Waals surface area contributed by atoms with Gasteiger partial charge in [0, 0.05) is 42.2 Å². The molecule has 3 heterocycles. The molecular weight excluding hydrogens is 681 g/mol. The summed E-state index contributed by atoms with van der Waals surface area (Å²) in [5.41, 5.74) is 7.65. The fraction of sp³-hybridized carbons (Fsp3) is 0. The molecule has 0 fully saturated rings. The van der Waals surface area contributed by atoms with Gasteiger partial charge in [0.15, 0.2) is 17.5 Å². The molecule has 0 bridgehead atoms. The van der Waals surface area contributed by atoms with E-state index < -0.39 is 0 Å². The number of aromatic nitrogens is 6. The van der Waals surface area contributed by atoms with Gasteiger partial charge in [-0.3, -0.25) is 0 Å². The molecule has 6 nitrogen and oxygen atoms in total. The molecular formula is C47H28N6S. The Bertz CT molecular complexity index is 3220. The first-order chi connectivity index (χ1) is 26.7. The van der Waals surface area contributed by atoms with Gasteiger partial charge in [-0.05, 0) is 69.8 Å². The molecule has 8 aromatic carbocycles. The lowest BCUT2D eigenvalue weighted by atomic mass is 9.98. The van der Waals surface area contributed by atoms with Crippen molar-refractivity contribution >= 4 is 64.1 Å². The van der Waals surface area contributed by atoms with Crippen LogP contribution in [0.5, 0.6) is 0 Å². The highest BCUT2D eigenvalue weighted by Gasteiger charge is 2.18. The molecule has 11 aromatic rings. The minimum atomic E-state index is 0.607. The lowest BCUT2D eigenvalue weighted by Crippen LogP contribution is -2.00. The maximum absolute atomic E-state index is 5.26. The van der Waals surface area contributed by atoms with Crippen LogP contribution < -0.4 is 0 Å². The van der Waals surface area contributed by atoms with Gasteiger partial charge in [0.1, 0.15) is 11.0 Å². The van der Waals surface area contributed by atoms with Crippen molar-refractivity contribution < 1.29 is 0 Å². The fourth-order valence-corrected chi connectivity index (χ4v) is 8.65. The third kappa shape index (κ3) is 5.05. The Morgan fingerprint density at radius 2 is 1.06 bits per heavy atom. The van der Waals surface area contributed by atoms with Gasteiger partial charge in [-0.15, -0.1) is 21.5 Å². The van der Waals surface area contributed by atoms with Crippen molar-refractivity contribution in [3.05, 3.63) is 170 Å². The van der Waals surface area contributed by atoms with E-state index in [0.29, 0.717) is 17.5 Å². The first kappa shape index (κ1) is 30.5. The van der Waals surface area contributed by atoms with E-state index >= 15 is 0 Å². The van der Waals surface area contributed by atoms with Crippen LogP contribution in [-0.4, -0.2) is 29.9 Å². The summed E-state index contributed by atoms with van der Waals surface area (Å²) in [7, 11) is 0. The smallest absolute Gasteiger partial charge is 0.164 e. The Kier molecular flexibility index (Phi) is 6.93. The minimum Gasteiger partial charge on any atom is -0.208 e. The number of para-hydroxylation sites is 1. The quantitative estimate of drug-likeness (QED) is 0.166. The molecule has 252 valence electrons. The van der Waals surface area contributed by atoms with E-state index in [0.717, 1.165) is 71.5 Å². The Morgan fingerprint density at radius 3 is 1.93 bits per heavy atom. The first-order valence-corrected chi connectivity index (χ1v) is 18.7. The molecule has 0 saturated heterocycles. The molecule has 0 radical (unpaired) electrons. The van der Waals surface area contributed by atoms with Crippen LogP contribution in [0.2, 0.25) is 0 Å². The minimum absolute atomic E-state index is 0.607. The van der Waals surface area contributed by atoms with E-state index in [-0.39, 0.29) is 0 Å². The third-order valence-electron chi connectivity index (χ3n) is 10.1. The second-order valence-corrected chi connectivity index (χ2v) is 14.5. The van der Waals surface area contributed by atoms with Gasteiger partial charge in [0.05, 0.1) is 5.69 Å². The zero-order chi connectivity index (χ0) is 35.6. The lowest BCUT2D eigenvalue weighted by molar-refractivity contribution is 0.766. The molecule has 3 aromatic heterocycles. The highest BCUT2D eigenvalue weighted by atomic mass is 32.1. The van der Waals surface area contributed by atoms with E-state index in [1.807, 2.05) is 42.5 Å². The van der Waals surface area contributed by atoms with Crippen molar-refractivity contribution in [3.8, 4) is 51.0 Å². The summed E-state index contributed by atoms with van der Waals surface area (Å²) in [5, 5.41) is 16.6. The van der Waals surface area contributed by atoms with Gasteiger partial charge in [0.25, 0.3) is 0 Å². The molecule has 0 unspecified atom stereocenters. The normalized spacial score (nSPS) is 11.7. The number of fused-ring (bicyclic) bond motifs is 8. The van der Waals surface area contributed by atoms with Crippen LogP contribution in [0, 0.1) is 0 Å². The Labute approximate surface area is 313 Å². The van der Waals surface area contributed by atoms with Crippen LogP contribution in [0.1, 0.15) is 0 Å². The van der Waals surface area contributed by atoms with Crippen LogP contribution in [-0.2, 0) is 0 Å². The number of benzene rings is 8. The average molecular weight is 709 g/mol. The van der Waals surface area contributed by atoms with Crippen molar-refractivity contribution in [2.45, 2.75) is 0 Å². The predicted molar refractivity (Wildman–Crippen MR) is 222 cm³/mol. The van der Waals surface area contributed by atoms with Gasteiger partial charge in [-0.25, -0.2) is 15.0 Å². The molecule has 7 heteroatoms. The number of hydrogen-bond donors (Lipinski definition) is 0. The highest BCUT2D eigenvalue weighted by Crippen LogP contribution is 2.40. The van der Waals surface area contributed by atoms with Crippen LogP contribution in [0.4, 0.5) is 0 Å². The van der Waals surface area contributed by atoms with Crippen LogP contribution >= 0.6 is 11.3 Å². The highest BCUT2D eigenvalue weighted by molar-refractivity contribution is 7.25. The molecule has 11 rings (SSSR count).